The average molecular weight is 235 g/mol. The summed E-state index contributed by atoms with van der Waals surface area (Å²) in [6.07, 6.45) is 9.81. The van der Waals surface area contributed by atoms with Crippen molar-refractivity contribution in [3.63, 3.8) is 0 Å². The number of rotatable bonds is 2. The number of carbonyl (C=O) groups is 1. The average Bonchev–Trinajstić information content (AvgIpc) is 2.35. The molecule has 2 unspecified atom stereocenters. The van der Waals surface area contributed by atoms with Crippen molar-refractivity contribution in [3.8, 4) is 0 Å². The second-order valence-electron chi connectivity index (χ2n) is 5.40. The largest absolute Gasteiger partial charge is 0.371 e. The lowest BCUT2D eigenvalue weighted by atomic mass is 9.74. The minimum absolute atomic E-state index is 0.843. The van der Waals surface area contributed by atoms with Gasteiger partial charge in [-0.1, -0.05) is 24.1 Å². The Balaban J connectivity index is 2.36. The highest BCUT2D eigenvalue weighted by Crippen LogP contribution is 2.40. The van der Waals surface area contributed by atoms with Crippen LogP contribution in [0.3, 0.4) is 0 Å². The van der Waals surface area contributed by atoms with E-state index in [1.165, 1.54) is 6.42 Å². The molecule has 3 nitrogen and oxygen atoms in total. The number of aldehydes is 1. The van der Waals surface area contributed by atoms with Crippen LogP contribution in [-0.2, 0) is 4.79 Å². The molecule has 0 radical (unpaired) electrons. The molecule has 0 aromatic carbocycles. The van der Waals surface area contributed by atoms with Crippen LogP contribution in [0, 0.1) is 5.41 Å². The molecule has 1 aliphatic heterocycles. The molecule has 1 aliphatic carbocycles. The summed E-state index contributed by atoms with van der Waals surface area (Å²) < 4.78 is 0. The van der Waals surface area contributed by atoms with Crippen molar-refractivity contribution < 1.29 is 9.90 Å². The van der Waals surface area contributed by atoms with Crippen molar-refractivity contribution in [1.29, 1.82) is 0 Å². The topological polar surface area (TPSA) is 40.5 Å². The summed E-state index contributed by atoms with van der Waals surface area (Å²) in [5.41, 5.74) is -0.991. The van der Waals surface area contributed by atoms with Crippen molar-refractivity contribution in [3.05, 3.63) is 23.8 Å². The Labute approximate surface area is 103 Å². The second kappa shape index (κ2) is 4.39. The van der Waals surface area contributed by atoms with Crippen LogP contribution >= 0.6 is 0 Å². The van der Waals surface area contributed by atoms with Crippen molar-refractivity contribution >= 4 is 6.29 Å². The van der Waals surface area contributed by atoms with Crippen LogP contribution in [0.4, 0.5) is 0 Å². The van der Waals surface area contributed by atoms with E-state index in [2.05, 4.69) is 0 Å². The van der Waals surface area contributed by atoms with Crippen molar-refractivity contribution in [1.82, 2.24) is 4.90 Å². The maximum Gasteiger partial charge on any atom is 0.153 e. The lowest BCUT2D eigenvalue weighted by molar-refractivity contribution is -0.154. The molecule has 1 saturated heterocycles. The van der Waals surface area contributed by atoms with Gasteiger partial charge >= 0.3 is 0 Å². The zero-order valence-electron chi connectivity index (χ0n) is 10.6. The number of aliphatic hydroxyl groups is 1. The van der Waals surface area contributed by atoms with E-state index in [0.29, 0.717) is 0 Å². The highest BCUT2D eigenvalue weighted by molar-refractivity contribution is 5.67. The van der Waals surface area contributed by atoms with Crippen LogP contribution in [0.2, 0.25) is 0 Å². The molecular weight excluding hydrogens is 214 g/mol. The van der Waals surface area contributed by atoms with Gasteiger partial charge in [0.2, 0.25) is 0 Å². The van der Waals surface area contributed by atoms with Crippen LogP contribution in [0.5, 0.6) is 0 Å². The molecule has 94 valence electrons. The molecule has 2 atom stereocenters. The molecule has 2 aliphatic rings. The SMILES string of the molecule is CC1=CC(O)(N2CCCCC2)C(C)(C=O)C=C1. The van der Waals surface area contributed by atoms with Gasteiger partial charge in [0.15, 0.2) is 5.72 Å². The van der Waals surface area contributed by atoms with Gasteiger partial charge in [0.05, 0.1) is 5.41 Å². The van der Waals surface area contributed by atoms with Gasteiger partial charge in [0, 0.05) is 13.1 Å². The third-order valence-electron chi connectivity index (χ3n) is 4.00. The van der Waals surface area contributed by atoms with E-state index >= 15 is 0 Å². The van der Waals surface area contributed by atoms with E-state index in [0.717, 1.165) is 37.8 Å². The smallest absolute Gasteiger partial charge is 0.153 e. The molecular formula is C14H21NO2. The first-order valence-electron chi connectivity index (χ1n) is 6.34. The van der Waals surface area contributed by atoms with E-state index in [1.807, 2.05) is 30.1 Å². The number of likely N-dealkylation sites (tertiary alicyclic amines) is 1. The van der Waals surface area contributed by atoms with Gasteiger partial charge in [-0.05, 0) is 32.8 Å². The Morgan fingerprint density at radius 2 is 2.00 bits per heavy atom. The summed E-state index contributed by atoms with van der Waals surface area (Å²) in [5, 5.41) is 11.0. The first kappa shape index (κ1) is 12.5. The van der Waals surface area contributed by atoms with Gasteiger partial charge in [-0.15, -0.1) is 0 Å². The van der Waals surface area contributed by atoms with Crippen molar-refractivity contribution in [2.75, 3.05) is 13.1 Å². The zero-order valence-corrected chi connectivity index (χ0v) is 10.6. The minimum atomic E-state index is -1.16. The molecule has 1 N–H and O–H groups in total. The Bertz CT molecular complexity index is 368. The summed E-state index contributed by atoms with van der Waals surface area (Å²) in [5.74, 6) is 0. The maximum atomic E-state index is 11.4. The van der Waals surface area contributed by atoms with Crippen LogP contribution in [0.1, 0.15) is 33.1 Å². The van der Waals surface area contributed by atoms with Gasteiger partial charge in [-0.2, -0.15) is 0 Å². The molecule has 0 spiro atoms. The third kappa shape index (κ3) is 1.98. The fourth-order valence-electron chi connectivity index (χ4n) is 2.74. The molecule has 1 fully saturated rings. The number of hydrogen-bond acceptors (Lipinski definition) is 3. The molecule has 1 heterocycles. The molecule has 0 saturated carbocycles. The number of carbonyl (C=O) groups excluding carboxylic acids is 1. The molecule has 0 amide bonds. The quantitative estimate of drug-likeness (QED) is 0.743. The Kier molecular flexibility index (Phi) is 3.23. The Hall–Kier alpha value is -0.930. The summed E-state index contributed by atoms with van der Waals surface area (Å²) in [6, 6.07) is 0. The number of nitrogens with zero attached hydrogens (tertiary/aromatic N) is 1. The van der Waals surface area contributed by atoms with Crippen LogP contribution < -0.4 is 0 Å². The fourth-order valence-corrected chi connectivity index (χ4v) is 2.74. The second-order valence-corrected chi connectivity index (χ2v) is 5.40. The van der Waals surface area contributed by atoms with E-state index in [1.54, 1.807) is 6.92 Å². The Morgan fingerprint density at radius 3 is 2.59 bits per heavy atom. The van der Waals surface area contributed by atoms with Crippen LogP contribution in [-0.4, -0.2) is 35.1 Å². The van der Waals surface area contributed by atoms with Crippen LogP contribution in [0.25, 0.3) is 0 Å². The van der Waals surface area contributed by atoms with E-state index < -0.39 is 11.1 Å². The molecule has 0 aromatic heterocycles. The van der Waals surface area contributed by atoms with Crippen molar-refractivity contribution in [2.45, 2.75) is 38.8 Å². The fraction of sp³-hybridized carbons (Fsp3) is 0.643. The number of piperidine rings is 1. The van der Waals surface area contributed by atoms with E-state index in [-0.39, 0.29) is 0 Å². The minimum Gasteiger partial charge on any atom is -0.371 e. The first-order chi connectivity index (χ1) is 8.02. The normalized spacial score (nSPS) is 38.9. The molecule has 3 heteroatoms. The van der Waals surface area contributed by atoms with E-state index in [9.17, 15) is 9.90 Å². The summed E-state index contributed by atoms with van der Waals surface area (Å²) in [6.45, 7) is 5.47. The van der Waals surface area contributed by atoms with Crippen LogP contribution in [0.15, 0.2) is 23.8 Å². The van der Waals surface area contributed by atoms with E-state index in [4.69, 9.17) is 0 Å². The molecule has 0 aromatic rings. The van der Waals surface area contributed by atoms with Gasteiger partial charge in [0.1, 0.15) is 6.29 Å². The lowest BCUT2D eigenvalue weighted by Crippen LogP contribution is -2.60. The van der Waals surface area contributed by atoms with Gasteiger partial charge in [-0.25, -0.2) is 0 Å². The van der Waals surface area contributed by atoms with Gasteiger partial charge in [-0.3, -0.25) is 4.90 Å². The summed E-state index contributed by atoms with van der Waals surface area (Å²) >= 11 is 0. The highest BCUT2D eigenvalue weighted by atomic mass is 16.3. The highest BCUT2D eigenvalue weighted by Gasteiger charge is 2.49. The monoisotopic (exact) mass is 235 g/mol. The predicted octanol–water partition coefficient (Wildman–Crippen LogP) is 1.88. The van der Waals surface area contributed by atoms with Gasteiger partial charge < -0.3 is 9.90 Å². The Morgan fingerprint density at radius 1 is 1.35 bits per heavy atom. The number of allylic oxidation sites excluding steroid dienone is 2. The molecule has 17 heavy (non-hydrogen) atoms. The molecule has 2 rings (SSSR count). The maximum absolute atomic E-state index is 11.4. The summed E-state index contributed by atoms with van der Waals surface area (Å²) in [4.78, 5) is 13.4. The van der Waals surface area contributed by atoms with Crippen molar-refractivity contribution in [2.24, 2.45) is 5.41 Å². The number of hydrogen-bond donors (Lipinski definition) is 1. The summed E-state index contributed by atoms with van der Waals surface area (Å²) in [7, 11) is 0. The zero-order chi connectivity index (χ0) is 12.5. The van der Waals surface area contributed by atoms with Gasteiger partial charge in [0.25, 0.3) is 0 Å². The lowest BCUT2D eigenvalue weighted by Gasteiger charge is -2.48. The molecule has 0 bridgehead atoms. The standard InChI is InChI=1S/C14H21NO2/c1-12-6-7-13(2,11-16)14(17,10-12)15-8-4-3-5-9-15/h6-7,10-11,17H,3-5,8-9H2,1-2H3. The predicted molar refractivity (Wildman–Crippen MR) is 67.4 cm³/mol. The first-order valence-corrected chi connectivity index (χ1v) is 6.34. The third-order valence-corrected chi connectivity index (χ3v) is 4.00.